The molecule has 0 spiro atoms. The van der Waals surface area contributed by atoms with Crippen molar-refractivity contribution < 1.29 is 19.2 Å². The molecule has 0 unspecified atom stereocenters. The van der Waals surface area contributed by atoms with Crippen molar-refractivity contribution in [3.05, 3.63) is 29.6 Å². The van der Waals surface area contributed by atoms with E-state index in [2.05, 4.69) is 0 Å². The number of hydrogen-bond acceptors (Lipinski definition) is 4. The topological polar surface area (TPSA) is 52.9 Å². The molecule has 4 nitrogen and oxygen atoms in total. The Morgan fingerprint density at radius 1 is 1.24 bits per heavy atom. The van der Waals surface area contributed by atoms with E-state index in [1.165, 1.54) is 6.07 Å². The third-order valence-corrected chi connectivity index (χ3v) is 3.70. The Kier molecular flexibility index (Phi) is 5.55. The van der Waals surface area contributed by atoms with Crippen LogP contribution in [0.3, 0.4) is 0 Å². The van der Waals surface area contributed by atoms with Crippen LogP contribution in [-0.4, -0.2) is 47.4 Å². The molecule has 1 aromatic rings. The van der Waals surface area contributed by atoms with E-state index in [1.807, 2.05) is 19.0 Å². The summed E-state index contributed by atoms with van der Waals surface area (Å²) in [5.41, 5.74) is -1.26. The van der Waals surface area contributed by atoms with Crippen LogP contribution in [0.1, 0.15) is 33.3 Å². The van der Waals surface area contributed by atoms with Crippen LogP contribution in [0.2, 0.25) is 0 Å². The Hall–Kier alpha value is -0.945. The quantitative estimate of drug-likeness (QED) is 0.773. The van der Waals surface area contributed by atoms with Crippen LogP contribution in [-0.2, 0) is 11.2 Å². The Labute approximate surface area is 126 Å². The minimum absolute atomic E-state index is 0.0756. The average Bonchev–Trinajstić information content (AvgIpc) is 2.28. The van der Waals surface area contributed by atoms with Gasteiger partial charge in [0.15, 0.2) is 0 Å². The van der Waals surface area contributed by atoms with Gasteiger partial charge in [-0.05, 0) is 53.4 Å². The van der Waals surface area contributed by atoms with Gasteiger partial charge in [-0.3, -0.25) is 0 Å². The summed E-state index contributed by atoms with van der Waals surface area (Å²) in [7, 11) is 2.38. The molecule has 0 aliphatic carbocycles. The molecule has 6 heteroatoms. The number of hydrogen-bond donors (Lipinski definition) is 2. The van der Waals surface area contributed by atoms with Gasteiger partial charge in [-0.1, -0.05) is 12.1 Å². The molecule has 0 aliphatic rings. The van der Waals surface area contributed by atoms with E-state index in [0.717, 1.165) is 5.56 Å². The number of benzene rings is 1. The third-order valence-electron chi connectivity index (χ3n) is 3.70. The van der Waals surface area contributed by atoms with Crippen molar-refractivity contribution in [2.45, 2.75) is 45.4 Å². The van der Waals surface area contributed by atoms with Gasteiger partial charge in [0.2, 0.25) is 0 Å². The van der Waals surface area contributed by atoms with Gasteiger partial charge < -0.3 is 19.7 Å². The Balaban J connectivity index is 2.99. The molecule has 0 radical (unpaired) electrons. The van der Waals surface area contributed by atoms with Gasteiger partial charge in [0.25, 0.3) is 0 Å². The maximum Gasteiger partial charge on any atom is 0.494 e. The van der Waals surface area contributed by atoms with Crippen LogP contribution in [0.25, 0.3) is 0 Å². The lowest BCUT2D eigenvalue weighted by atomic mass is 9.75. The van der Waals surface area contributed by atoms with E-state index in [9.17, 15) is 14.5 Å². The minimum Gasteiger partial charge on any atom is -0.423 e. The molecule has 0 fully saturated rings. The SMILES string of the molecule is CN(C)Cc1ccc(F)c(B(O)OC(C)(C)C(C)(C)O)c1. The highest BCUT2D eigenvalue weighted by molar-refractivity contribution is 6.60. The van der Waals surface area contributed by atoms with Crippen LogP contribution >= 0.6 is 0 Å². The number of aliphatic hydroxyl groups is 1. The summed E-state index contributed by atoms with van der Waals surface area (Å²) in [6.45, 7) is 7.10. The van der Waals surface area contributed by atoms with Crippen LogP contribution in [0.5, 0.6) is 0 Å². The lowest BCUT2D eigenvalue weighted by molar-refractivity contribution is -0.0983. The van der Waals surface area contributed by atoms with Crippen molar-refractivity contribution in [1.29, 1.82) is 0 Å². The largest absolute Gasteiger partial charge is 0.494 e. The fourth-order valence-electron chi connectivity index (χ4n) is 1.73. The van der Waals surface area contributed by atoms with Crippen LogP contribution in [0, 0.1) is 5.82 Å². The van der Waals surface area contributed by atoms with Crippen molar-refractivity contribution >= 4 is 12.6 Å². The van der Waals surface area contributed by atoms with E-state index in [0.29, 0.717) is 6.54 Å². The first kappa shape index (κ1) is 18.1. The molecule has 1 rings (SSSR count). The lowest BCUT2D eigenvalue weighted by Crippen LogP contribution is -2.53. The maximum atomic E-state index is 13.9. The number of nitrogens with zero attached hydrogens (tertiary/aromatic N) is 1. The molecule has 0 atom stereocenters. The van der Waals surface area contributed by atoms with Crippen molar-refractivity contribution in [3.63, 3.8) is 0 Å². The molecule has 21 heavy (non-hydrogen) atoms. The van der Waals surface area contributed by atoms with Gasteiger partial charge in [-0.2, -0.15) is 0 Å². The third kappa shape index (κ3) is 4.78. The minimum atomic E-state index is -1.44. The molecule has 0 aromatic heterocycles. The second kappa shape index (κ2) is 6.44. The zero-order valence-corrected chi connectivity index (χ0v) is 13.6. The van der Waals surface area contributed by atoms with E-state index >= 15 is 0 Å². The zero-order chi connectivity index (χ0) is 16.4. The summed E-state index contributed by atoms with van der Waals surface area (Å²) in [4.78, 5) is 1.95. The Morgan fingerprint density at radius 3 is 2.29 bits per heavy atom. The highest BCUT2D eigenvalue weighted by Gasteiger charge is 2.40. The summed E-state index contributed by atoms with van der Waals surface area (Å²) in [5, 5.41) is 20.2. The summed E-state index contributed by atoms with van der Waals surface area (Å²) < 4.78 is 19.4. The monoisotopic (exact) mass is 297 g/mol. The molecule has 2 N–H and O–H groups in total. The predicted octanol–water partition coefficient (Wildman–Crippen LogP) is 1.14. The molecule has 0 aliphatic heterocycles. The predicted molar refractivity (Wildman–Crippen MR) is 82.9 cm³/mol. The lowest BCUT2D eigenvalue weighted by Gasteiger charge is -2.38. The van der Waals surface area contributed by atoms with E-state index in [1.54, 1.807) is 39.8 Å². The standard InChI is InChI=1S/C15H25BFNO3/c1-14(2,19)15(3,4)21-16(20)12-9-11(10-18(5)6)7-8-13(12)17/h7-9,19-20H,10H2,1-6H3. The van der Waals surface area contributed by atoms with Gasteiger partial charge >= 0.3 is 7.12 Å². The van der Waals surface area contributed by atoms with Gasteiger partial charge in [-0.15, -0.1) is 0 Å². The summed E-state index contributed by atoms with van der Waals surface area (Å²) in [6.07, 6.45) is 0. The van der Waals surface area contributed by atoms with E-state index in [-0.39, 0.29) is 5.46 Å². The molecular formula is C15H25BFNO3. The number of rotatable bonds is 6. The van der Waals surface area contributed by atoms with Crippen LogP contribution < -0.4 is 5.46 Å². The highest BCUT2D eigenvalue weighted by atomic mass is 19.1. The van der Waals surface area contributed by atoms with Crippen LogP contribution in [0.4, 0.5) is 4.39 Å². The molecule has 0 bridgehead atoms. The van der Waals surface area contributed by atoms with Crippen molar-refractivity contribution in [2.75, 3.05) is 14.1 Å². The fourth-order valence-corrected chi connectivity index (χ4v) is 1.73. The smallest absolute Gasteiger partial charge is 0.423 e. The van der Waals surface area contributed by atoms with Crippen molar-refractivity contribution in [3.8, 4) is 0 Å². The second-order valence-electron chi connectivity index (χ2n) is 6.63. The van der Waals surface area contributed by atoms with Crippen molar-refractivity contribution in [1.82, 2.24) is 4.90 Å². The first-order chi connectivity index (χ1) is 9.44. The molecule has 0 amide bonds. The zero-order valence-electron chi connectivity index (χ0n) is 13.6. The first-order valence-electron chi connectivity index (χ1n) is 6.95. The van der Waals surface area contributed by atoms with Gasteiger partial charge in [0.05, 0.1) is 11.2 Å². The van der Waals surface area contributed by atoms with Gasteiger partial charge in [0, 0.05) is 12.0 Å². The molecule has 0 heterocycles. The number of halogens is 1. The Morgan fingerprint density at radius 2 is 1.81 bits per heavy atom. The van der Waals surface area contributed by atoms with Gasteiger partial charge in [0.1, 0.15) is 5.82 Å². The molecular weight excluding hydrogens is 272 g/mol. The molecule has 118 valence electrons. The Bertz CT molecular complexity index is 486. The summed E-state index contributed by atoms with van der Waals surface area (Å²) in [5.74, 6) is -0.531. The fraction of sp³-hybridized carbons (Fsp3) is 0.600. The normalized spacial score (nSPS) is 12.9. The van der Waals surface area contributed by atoms with Gasteiger partial charge in [-0.25, -0.2) is 4.39 Å². The van der Waals surface area contributed by atoms with Crippen molar-refractivity contribution in [2.24, 2.45) is 0 Å². The van der Waals surface area contributed by atoms with Crippen LogP contribution in [0.15, 0.2) is 18.2 Å². The molecule has 0 saturated heterocycles. The second-order valence-corrected chi connectivity index (χ2v) is 6.63. The maximum absolute atomic E-state index is 13.9. The molecule has 0 saturated carbocycles. The first-order valence-corrected chi connectivity index (χ1v) is 6.95. The van der Waals surface area contributed by atoms with E-state index in [4.69, 9.17) is 4.65 Å². The molecule has 1 aromatic carbocycles. The average molecular weight is 297 g/mol. The van der Waals surface area contributed by atoms with E-state index < -0.39 is 24.1 Å². The highest BCUT2D eigenvalue weighted by Crippen LogP contribution is 2.25. The summed E-state index contributed by atoms with van der Waals surface area (Å²) >= 11 is 0. The summed E-state index contributed by atoms with van der Waals surface area (Å²) in [6, 6.07) is 4.57.